The van der Waals surface area contributed by atoms with Gasteiger partial charge in [0.1, 0.15) is 13.2 Å². The fourth-order valence-corrected chi connectivity index (χ4v) is 1.59. The molecule has 2 rings (SSSR count). The number of nitrogens with zero attached hydrogens (tertiary/aromatic N) is 2. The Bertz CT molecular complexity index is 498. The predicted molar refractivity (Wildman–Crippen MR) is 62.3 cm³/mol. The molecule has 3 N–H and O–H groups in total. The molecule has 1 fully saturated rings. The number of hydrogen-bond acceptors (Lipinski definition) is 6. The highest BCUT2D eigenvalue weighted by atomic mass is 16.5. The third-order valence-corrected chi connectivity index (χ3v) is 2.59. The number of carbonyl (C=O) groups excluding carboxylic acids is 3. The molecule has 1 aromatic rings. The second kappa shape index (κ2) is 5.55. The Morgan fingerprint density at radius 3 is 2.58 bits per heavy atom. The Labute approximate surface area is 108 Å². The molecule has 1 aromatic heterocycles. The topological polar surface area (TPSA) is 115 Å². The Hall–Kier alpha value is -2.32. The predicted octanol–water partition coefficient (Wildman–Crippen LogP) is -1.43. The largest absolute Gasteiger partial charge is 0.362 e. The number of hydrogen-bond donors (Lipinski definition) is 2. The molecule has 0 aromatic carbocycles. The minimum atomic E-state index is -0.461. The number of nitrogen functional groups attached to an aromatic ring is 1. The Morgan fingerprint density at radius 1 is 1.37 bits per heavy atom. The Kier molecular flexibility index (Phi) is 3.83. The van der Waals surface area contributed by atoms with Crippen LogP contribution in [0, 0.1) is 0 Å². The molecule has 1 aliphatic heterocycles. The summed E-state index contributed by atoms with van der Waals surface area (Å²) in [6.07, 6.45) is 1.33. The van der Waals surface area contributed by atoms with Crippen LogP contribution in [0.1, 0.15) is 16.1 Å². The van der Waals surface area contributed by atoms with Gasteiger partial charge in [-0.3, -0.25) is 29.7 Å². The number of pyridine rings is 1. The lowest BCUT2D eigenvalue weighted by molar-refractivity contribution is -0.159. The summed E-state index contributed by atoms with van der Waals surface area (Å²) in [4.78, 5) is 39.3. The first-order valence-electron chi connectivity index (χ1n) is 5.48. The number of amides is 3. The molecule has 0 saturated carbocycles. The Morgan fingerprint density at radius 2 is 2.05 bits per heavy atom. The Balaban J connectivity index is 2.08. The van der Waals surface area contributed by atoms with Crippen molar-refractivity contribution in [2.45, 2.75) is 6.54 Å². The number of nitrogens with one attached hydrogen (secondary N) is 1. The van der Waals surface area contributed by atoms with Gasteiger partial charge in [-0.25, -0.2) is 5.84 Å². The van der Waals surface area contributed by atoms with Gasteiger partial charge < -0.3 is 4.74 Å². The van der Waals surface area contributed by atoms with Crippen molar-refractivity contribution in [3.05, 3.63) is 29.6 Å². The standard InChI is InChI=1S/C11H12N4O4/c12-14-11(18)7-1-2-8(13-3-7)4-15-9(16)5-19-6-10(15)17/h1-3H,4-6,12H2,(H,14,18). The van der Waals surface area contributed by atoms with Crippen LogP contribution in [0.15, 0.2) is 18.3 Å². The number of imide groups is 1. The van der Waals surface area contributed by atoms with E-state index < -0.39 is 17.7 Å². The van der Waals surface area contributed by atoms with Gasteiger partial charge in [0.15, 0.2) is 0 Å². The van der Waals surface area contributed by atoms with Crippen LogP contribution in [0.5, 0.6) is 0 Å². The molecular weight excluding hydrogens is 252 g/mol. The molecule has 2 heterocycles. The SMILES string of the molecule is NNC(=O)c1ccc(CN2C(=O)COCC2=O)nc1. The van der Waals surface area contributed by atoms with Gasteiger partial charge in [-0.15, -0.1) is 0 Å². The van der Waals surface area contributed by atoms with Crippen molar-refractivity contribution >= 4 is 17.7 Å². The van der Waals surface area contributed by atoms with Crippen molar-refractivity contribution in [2.75, 3.05) is 13.2 Å². The maximum Gasteiger partial charge on any atom is 0.266 e. The zero-order valence-corrected chi connectivity index (χ0v) is 9.96. The van der Waals surface area contributed by atoms with E-state index in [1.165, 1.54) is 12.3 Å². The molecule has 19 heavy (non-hydrogen) atoms. The molecule has 0 unspecified atom stereocenters. The van der Waals surface area contributed by atoms with Gasteiger partial charge in [-0.05, 0) is 12.1 Å². The molecule has 8 nitrogen and oxygen atoms in total. The number of morpholine rings is 1. The van der Waals surface area contributed by atoms with Crippen LogP contribution in [-0.2, 0) is 20.9 Å². The van der Waals surface area contributed by atoms with E-state index in [1.807, 2.05) is 5.43 Å². The number of hydrazine groups is 1. The lowest BCUT2D eigenvalue weighted by Gasteiger charge is -2.24. The second-order valence-corrected chi connectivity index (χ2v) is 3.88. The van der Waals surface area contributed by atoms with Crippen LogP contribution < -0.4 is 11.3 Å². The number of aromatic nitrogens is 1. The van der Waals surface area contributed by atoms with Crippen molar-refractivity contribution in [1.29, 1.82) is 0 Å². The smallest absolute Gasteiger partial charge is 0.266 e. The number of nitrogens with two attached hydrogens (primary N) is 1. The monoisotopic (exact) mass is 264 g/mol. The first-order chi connectivity index (χ1) is 9.11. The molecule has 100 valence electrons. The molecule has 1 saturated heterocycles. The summed E-state index contributed by atoms with van der Waals surface area (Å²) in [7, 11) is 0. The maximum absolute atomic E-state index is 11.5. The molecule has 0 radical (unpaired) electrons. The summed E-state index contributed by atoms with van der Waals surface area (Å²) >= 11 is 0. The fourth-order valence-electron chi connectivity index (χ4n) is 1.59. The second-order valence-electron chi connectivity index (χ2n) is 3.88. The minimum absolute atomic E-state index is 0.0611. The van der Waals surface area contributed by atoms with E-state index in [-0.39, 0.29) is 19.8 Å². The molecule has 0 spiro atoms. The van der Waals surface area contributed by atoms with E-state index in [0.29, 0.717) is 11.3 Å². The van der Waals surface area contributed by atoms with Crippen molar-refractivity contribution in [3.8, 4) is 0 Å². The molecule has 0 aliphatic carbocycles. The third kappa shape index (κ3) is 2.92. The van der Waals surface area contributed by atoms with Crippen molar-refractivity contribution in [1.82, 2.24) is 15.3 Å². The lowest BCUT2D eigenvalue weighted by Crippen LogP contribution is -2.45. The number of rotatable bonds is 3. The fraction of sp³-hybridized carbons (Fsp3) is 0.273. The molecule has 0 bridgehead atoms. The summed E-state index contributed by atoms with van der Waals surface area (Å²) in [5.41, 5.74) is 2.78. The number of carbonyl (C=O) groups is 3. The zero-order valence-electron chi connectivity index (χ0n) is 9.96. The molecule has 1 aliphatic rings. The summed E-state index contributed by atoms with van der Waals surface area (Å²) in [5.74, 6) is 3.73. The van der Waals surface area contributed by atoms with E-state index in [1.54, 1.807) is 6.07 Å². The van der Waals surface area contributed by atoms with Gasteiger partial charge >= 0.3 is 0 Å². The highest BCUT2D eigenvalue weighted by molar-refractivity contribution is 5.98. The third-order valence-electron chi connectivity index (χ3n) is 2.59. The van der Waals surface area contributed by atoms with Crippen molar-refractivity contribution < 1.29 is 19.1 Å². The summed E-state index contributed by atoms with van der Waals surface area (Å²) < 4.78 is 4.80. The maximum atomic E-state index is 11.5. The highest BCUT2D eigenvalue weighted by Crippen LogP contribution is 2.08. The van der Waals surface area contributed by atoms with Crippen molar-refractivity contribution in [2.24, 2.45) is 5.84 Å². The van der Waals surface area contributed by atoms with Gasteiger partial charge in [0.25, 0.3) is 17.7 Å². The highest BCUT2D eigenvalue weighted by Gasteiger charge is 2.26. The first-order valence-corrected chi connectivity index (χ1v) is 5.48. The lowest BCUT2D eigenvalue weighted by atomic mass is 10.2. The summed E-state index contributed by atoms with van der Waals surface area (Å²) in [6, 6.07) is 3.07. The van der Waals surface area contributed by atoms with Crippen LogP contribution >= 0.6 is 0 Å². The van der Waals surface area contributed by atoms with Crippen LogP contribution in [0.25, 0.3) is 0 Å². The summed E-state index contributed by atoms with van der Waals surface area (Å²) in [5, 5.41) is 0. The van der Waals surface area contributed by atoms with E-state index in [2.05, 4.69) is 4.98 Å². The number of ether oxygens (including phenoxy) is 1. The first kappa shape index (κ1) is 13.1. The normalized spacial score (nSPS) is 15.5. The average molecular weight is 264 g/mol. The van der Waals surface area contributed by atoms with Gasteiger partial charge in [0.05, 0.1) is 17.8 Å². The van der Waals surface area contributed by atoms with Crippen LogP contribution in [0.2, 0.25) is 0 Å². The van der Waals surface area contributed by atoms with Gasteiger partial charge in [-0.1, -0.05) is 0 Å². The van der Waals surface area contributed by atoms with E-state index in [4.69, 9.17) is 10.6 Å². The van der Waals surface area contributed by atoms with E-state index in [9.17, 15) is 14.4 Å². The van der Waals surface area contributed by atoms with Gasteiger partial charge in [0, 0.05) is 6.20 Å². The molecule has 3 amide bonds. The zero-order chi connectivity index (χ0) is 13.8. The molecule has 0 atom stereocenters. The van der Waals surface area contributed by atoms with Gasteiger partial charge in [0.2, 0.25) is 0 Å². The van der Waals surface area contributed by atoms with Gasteiger partial charge in [-0.2, -0.15) is 0 Å². The van der Waals surface area contributed by atoms with Crippen LogP contribution in [-0.4, -0.2) is 40.8 Å². The van der Waals surface area contributed by atoms with Crippen LogP contribution in [0.3, 0.4) is 0 Å². The van der Waals surface area contributed by atoms with Crippen molar-refractivity contribution in [3.63, 3.8) is 0 Å². The summed E-state index contributed by atoms with van der Waals surface area (Å²) in [6.45, 7) is -0.162. The van der Waals surface area contributed by atoms with Crippen LogP contribution in [0.4, 0.5) is 0 Å². The minimum Gasteiger partial charge on any atom is -0.362 e. The van der Waals surface area contributed by atoms with E-state index >= 15 is 0 Å². The molecule has 8 heteroatoms. The molecular formula is C11H12N4O4. The average Bonchev–Trinajstić information content (AvgIpc) is 2.43. The quantitative estimate of drug-likeness (QED) is 0.299. The van der Waals surface area contributed by atoms with E-state index in [0.717, 1.165) is 4.90 Å².